The molecule has 15 heavy (non-hydrogen) atoms. The molecule has 0 aromatic carbocycles. The minimum absolute atomic E-state index is 0.324. The number of aromatic carboxylic acids is 1. The van der Waals surface area contributed by atoms with E-state index in [0.717, 1.165) is 24.1 Å². The molecule has 0 radical (unpaired) electrons. The van der Waals surface area contributed by atoms with E-state index in [0.29, 0.717) is 11.5 Å². The Morgan fingerprint density at radius 1 is 1.53 bits per heavy atom. The topological polar surface area (TPSA) is 50.2 Å². The fourth-order valence-corrected chi connectivity index (χ4v) is 1.56. The maximum absolute atomic E-state index is 10.9. The summed E-state index contributed by atoms with van der Waals surface area (Å²) in [5.41, 5.74) is 2.17. The molecular weight excluding hydrogens is 190 g/mol. The van der Waals surface area contributed by atoms with Crippen molar-refractivity contribution in [3.63, 3.8) is 0 Å². The molecule has 1 aromatic heterocycles. The summed E-state index contributed by atoms with van der Waals surface area (Å²) in [5.74, 6) is -0.353. The van der Waals surface area contributed by atoms with E-state index >= 15 is 0 Å². The Labute approximate surface area is 90.2 Å². The molecule has 1 aromatic rings. The summed E-state index contributed by atoms with van der Waals surface area (Å²) in [4.78, 5) is 15.0. The van der Waals surface area contributed by atoms with E-state index in [1.165, 1.54) is 6.20 Å². The predicted molar refractivity (Wildman–Crippen MR) is 59.1 cm³/mol. The molecule has 1 heterocycles. The van der Waals surface area contributed by atoms with Crippen molar-refractivity contribution < 1.29 is 9.90 Å². The van der Waals surface area contributed by atoms with Gasteiger partial charge in [-0.15, -0.1) is 0 Å². The molecule has 0 aliphatic rings. The molecule has 0 saturated carbocycles. The van der Waals surface area contributed by atoms with Gasteiger partial charge in [-0.2, -0.15) is 0 Å². The fraction of sp³-hybridized carbons (Fsp3) is 0.500. The molecule has 3 heteroatoms. The fourth-order valence-electron chi connectivity index (χ4n) is 1.56. The lowest BCUT2D eigenvalue weighted by atomic mass is 10.0. The Kier molecular flexibility index (Phi) is 3.83. The molecule has 0 bridgehead atoms. The third-order valence-electron chi connectivity index (χ3n) is 2.27. The Morgan fingerprint density at radius 2 is 2.20 bits per heavy atom. The van der Waals surface area contributed by atoms with Crippen molar-refractivity contribution in [1.29, 1.82) is 0 Å². The highest BCUT2D eigenvalue weighted by atomic mass is 16.4. The first-order chi connectivity index (χ1) is 7.04. The van der Waals surface area contributed by atoms with E-state index < -0.39 is 5.97 Å². The average molecular weight is 207 g/mol. The molecule has 3 nitrogen and oxygen atoms in total. The quantitative estimate of drug-likeness (QED) is 0.825. The number of hydrogen-bond donors (Lipinski definition) is 1. The molecule has 0 aliphatic heterocycles. The Balaban J connectivity index is 3.02. The van der Waals surface area contributed by atoms with Crippen molar-refractivity contribution in [2.24, 2.45) is 5.92 Å². The van der Waals surface area contributed by atoms with Gasteiger partial charge in [-0.25, -0.2) is 4.79 Å². The van der Waals surface area contributed by atoms with Gasteiger partial charge in [0.15, 0.2) is 0 Å². The molecule has 0 saturated heterocycles. The van der Waals surface area contributed by atoms with Gasteiger partial charge in [0.1, 0.15) is 0 Å². The summed E-state index contributed by atoms with van der Waals surface area (Å²) in [6.07, 6.45) is 3.10. The van der Waals surface area contributed by atoms with Crippen molar-refractivity contribution in [3.05, 3.63) is 29.1 Å². The number of aromatic nitrogens is 1. The van der Waals surface area contributed by atoms with E-state index in [4.69, 9.17) is 5.11 Å². The monoisotopic (exact) mass is 207 g/mol. The molecule has 1 N–H and O–H groups in total. The molecule has 0 amide bonds. The third kappa shape index (κ3) is 3.05. The van der Waals surface area contributed by atoms with Crippen LogP contribution in [-0.4, -0.2) is 16.1 Å². The first-order valence-corrected chi connectivity index (χ1v) is 5.25. The number of carbonyl (C=O) groups is 1. The Morgan fingerprint density at radius 3 is 2.67 bits per heavy atom. The van der Waals surface area contributed by atoms with Crippen molar-refractivity contribution >= 4 is 5.97 Å². The van der Waals surface area contributed by atoms with Crippen molar-refractivity contribution in [2.45, 2.75) is 33.6 Å². The zero-order chi connectivity index (χ0) is 11.4. The van der Waals surface area contributed by atoms with Crippen LogP contribution in [0.15, 0.2) is 12.3 Å². The van der Waals surface area contributed by atoms with Gasteiger partial charge in [0, 0.05) is 11.9 Å². The standard InChI is InChI=1S/C12H17NO2/c1-4-9-6-10(5-8(2)3)13-7-11(9)12(14)15/h6-8H,4-5H2,1-3H3,(H,14,15). The van der Waals surface area contributed by atoms with Crippen LogP contribution in [-0.2, 0) is 12.8 Å². The first kappa shape index (κ1) is 11.7. The van der Waals surface area contributed by atoms with Gasteiger partial charge >= 0.3 is 5.97 Å². The summed E-state index contributed by atoms with van der Waals surface area (Å²) < 4.78 is 0. The average Bonchev–Trinajstić information content (AvgIpc) is 2.16. The van der Waals surface area contributed by atoms with Crippen LogP contribution in [0.25, 0.3) is 0 Å². The smallest absolute Gasteiger partial charge is 0.337 e. The first-order valence-electron chi connectivity index (χ1n) is 5.25. The van der Waals surface area contributed by atoms with Gasteiger partial charge in [0.2, 0.25) is 0 Å². The Hall–Kier alpha value is -1.38. The van der Waals surface area contributed by atoms with Crippen LogP contribution in [0.2, 0.25) is 0 Å². The Bertz CT molecular complexity index is 359. The maximum Gasteiger partial charge on any atom is 0.337 e. The van der Waals surface area contributed by atoms with E-state index in [1.807, 2.05) is 13.0 Å². The lowest BCUT2D eigenvalue weighted by Crippen LogP contribution is -2.06. The van der Waals surface area contributed by atoms with E-state index in [-0.39, 0.29) is 0 Å². The molecule has 0 atom stereocenters. The van der Waals surface area contributed by atoms with E-state index in [1.54, 1.807) is 0 Å². The number of hydrogen-bond acceptors (Lipinski definition) is 2. The molecular formula is C12H17NO2. The highest BCUT2D eigenvalue weighted by Gasteiger charge is 2.10. The second-order valence-corrected chi connectivity index (χ2v) is 4.09. The van der Waals surface area contributed by atoms with Gasteiger partial charge in [0.25, 0.3) is 0 Å². The minimum atomic E-state index is -0.893. The molecule has 0 spiro atoms. The molecule has 0 aliphatic carbocycles. The van der Waals surface area contributed by atoms with Gasteiger partial charge < -0.3 is 5.11 Å². The largest absolute Gasteiger partial charge is 0.478 e. The summed E-state index contributed by atoms with van der Waals surface area (Å²) in [6.45, 7) is 6.21. The zero-order valence-electron chi connectivity index (χ0n) is 9.45. The third-order valence-corrected chi connectivity index (χ3v) is 2.27. The normalized spacial score (nSPS) is 10.7. The van der Waals surface area contributed by atoms with Crippen molar-refractivity contribution in [3.8, 4) is 0 Å². The minimum Gasteiger partial charge on any atom is -0.478 e. The van der Waals surface area contributed by atoms with Gasteiger partial charge in [0.05, 0.1) is 5.56 Å². The van der Waals surface area contributed by atoms with Crippen LogP contribution in [0, 0.1) is 5.92 Å². The van der Waals surface area contributed by atoms with Gasteiger partial charge in [-0.3, -0.25) is 4.98 Å². The molecule has 0 unspecified atom stereocenters. The number of carboxylic acids is 1. The van der Waals surface area contributed by atoms with Crippen LogP contribution < -0.4 is 0 Å². The van der Waals surface area contributed by atoms with E-state index in [9.17, 15) is 4.79 Å². The van der Waals surface area contributed by atoms with Crippen LogP contribution in [0.3, 0.4) is 0 Å². The highest BCUT2D eigenvalue weighted by Crippen LogP contribution is 2.13. The van der Waals surface area contributed by atoms with Crippen LogP contribution >= 0.6 is 0 Å². The maximum atomic E-state index is 10.9. The van der Waals surface area contributed by atoms with Crippen molar-refractivity contribution in [1.82, 2.24) is 4.98 Å². The number of carboxylic acid groups (broad SMARTS) is 1. The molecule has 0 fully saturated rings. The lowest BCUT2D eigenvalue weighted by Gasteiger charge is -2.08. The summed E-state index contributed by atoms with van der Waals surface area (Å²) in [7, 11) is 0. The van der Waals surface area contributed by atoms with Crippen LogP contribution in [0.5, 0.6) is 0 Å². The number of rotatable bonds is 4. The number of nitrogens with zero attached hydrogens (tertiary/aromatic N) is 1. The van der Waals surface area contributed by atoms with Crippen LogP contribution in [0.1, 0.15) is 42.4 Å². The van der Waals surface area contributed by atoms with E-state index in [2.05, 4.69) is 18.8 Å². The SMILES string of the molecule is CCc1cc(CC(C)C)ncc1C(=O)O. The summed E-state index contributed by atoms with van der Waals surface area (Å²) in [5, 5.41) is 8.93. The predicted octanol–water partition coefficient (Wildman–Crippen LogP) is 2.54. The highest BCUT2D eigenvalue weighted by molar-refractivity contribution is 5.89. The lowest BCUT2D eigenvalue weighted by molar-refractivity contribution is 0.0695. The molecule has 82 valence electrons. The second-order valence-electron chi connectivity index (χ2n) is 4.09. The summed E-state index contributed by atoms with van der Waals surface area (Å²) in [6, 6.07) is 1.91. The van der Waals surface area contributed by atoms with Crippen LogP contribution in [0.4, 0.5) is 0 Å². The molecule has 1 rings (SSSR count). The van der Waals surface area contributed by atoms with Gasteiger partial charge in [-0.05, 0) is 30.4 Å². The van der Waals surface area contributed by atoms with Gasteiger partial charge in [-0.1, -0.05) is 20.8 Å². The van der Waals surface area contributed by atoms with Crippen molar-refractivity contribution in [2.75, 3.05) is 0 Å². The second kappa shape index (κ2) is 4.91. The summed E-state index contributed by atoms with van der Waals surface area (Å²) >= 11 is 0. The number of pyridine rings is 1. The number of aryl methyl sites for hydroxylation is 1. The zero-order valence-corrected chi connectivity index (χ0v) is 9.45.